The van der Waals surface area contributed by atoms with Gasteiger partial charge >= 0.3 is 7.12 Å². The third-order valence-electron chi connectivity index (χ3n) is 1.91. The summed E-state index contributed by atoms with van der Waals surface area (Å²) in [6, 6.07) is 4.66. The topological polar surface area (TPSA) is 86.7 Å². The molecule has 0 aliphatic rings. The van der Waals surface area contributed by atoms with Crippen molar-refractivity contribution < 1.29 is 15.2 Å². The Kier molecular flexibility index (Phi) is 2.11. The minimum Gasteiger partial charge on any atom is -0.507 e. The molecule has 14 heavy (non-hydrogen) atoms. The van der Waals surface area contributed by atoms with Crippen LogP contribution in [0.4, 0.5) is 5.69 Å². The largest absolute Gasteiger partial charge is 0.507 e. The lowest BCUT2D eigenvalue weighted by molar-refractivity contribution is 0.427. The Morgan fingerprint density at radius 1 is 1.21 bits per heavy atom. The maximum Gasteiger partial charge on any atom is 0.499 e. The van der Waals surface area contributed by atoms with Crippen LogP contribution in [0.25, 0.3) is 10.1 Å². The van der Waals surface area contributed by atoms with Gasteiger partial charge in [0.05, 0.1) is 0 Å². The van der Waals surface area contributed by atoms with Gasteiger partial charge in [0.15, 0.2) is 0 Å². The summed E-state index contributed by atoms with van der Waals surface area (Å²) in [5.74, 6) is 0.0585. The van der Waals surface area contributed by atoms with E-state index in [1.807, 2.05) is 0 Å². The first-order valence-corrected chi connectivity index (χ1v) is 4.77. The minimum atomic E-state index is -1.51. The first-order chi connectivity index (χ1) is 6.58. The molecule has 0 aliphatic heterocycles. The highest BCUT2D eigenvalue weighted by Crippen LogP contribution is 2.30. The second kappa shape index (κ2) is 3.16. The van der Waals surface area contributed by atoms with Crippen molar-refractivity contribution >= 4 is 39.0 Å². The number of rotatable bonds is 1. The van der Waals surface area contributed by atoms with E-state index in [0.717, 1.165) is 4.70 Å². The molecular weight excluding hydrogens is 201 g/mol. The number of phenols is 1. The lowest BCUT2D eigenvalue weighted by Gasteiger charge is -1.96. The van der Waals surface area contributed by atoms with Gasteiger partial charge in [-0.2, -0.15) is 0 Å². The van der Waals surface area contributed by atoms with Gasteiger partial charge in [-0.1, -0.05) is 0 Å². The van der Waals surface area contributed by atoms with Crippen molar-refractivity contribution in [2.45, 2.75) is 0 Å². The third-order valence-corrected chi connectivity index (χ3v) is 3.03. The molecule has 1 heterocycles. The predicted molar refractivity (Wildman–Crippen MR) is 57.7 cm³/mol. The molecule has 0 saturated carbocycles. The molecule has 0 amide bonds. The predicted octanol–water partition coefficient (Wildman–Crippen LogP) is -0.131. The van der Waals surface area contributed by atoms with Crippen molar-refractivity contribution in [3.05, 3.63) is 18.2 Å². The van der Waals surface area contributed by atoms with E-state index in [9.17, 15) is 5.11 Å². The smallest absolute Gasteiger partial charge is 0.499 e. The van der Waals surface area contributed by atoms with Gasteiger partial charge < -0.3 is 20.9 Å². The summed E-state index contributed by atoms with van der Waals surface area (Å²) < 4.78 is 1.13. The molecule has 2 aromatic rings. The van der Waals surface area contributed by atoms with Gasteiger partial charge in [0.1, 0.15) is 5.75 Å². The normalized spacial score (nSPS) is 10.7. The highest BCUT2D eigenvalue weighted by molar-refractivity contribution is 7.28. The molecule has 4 nitrogen and oxygen atoms in total. The number of benzene rings is 1. The highest BCUT2D eigenvalue weighted by atomic mass is 32.1. The average molecular weight is 209 g/mol. The van der Waals surface area contributed by atoms with Crippen LogP contribution in [0.2, 0.25) is 0 Å². The van der Waals surface area contributed by atoms with Gasteiger partial charge in [-0.25, -0.2) is 0 Å². The monoisotopic (exact) mass is 209 g/mol. The van der Waals surface area contributed by atoms with Crippen LogP contribution in [0, 0.1) is 0 Å². The molecule has 0 bridgehead atoms. The number of nitrogens with two attached hydrogens (primary N) is 1. The standard InChI is InChI=1S/C8H8BNO3S/c10-4-1-6(11)5-3-8(9(12)13)14-7(5)2-4/h1-3,11-13H,10H2. The van der Waals surface area contributed by atoms with Crippen LogP contribution in [-0.4, -0.2) is 22.3 Å². The second-order valence-electron chi connectivity index (χ2n) is 2.97. The second-order valence-corrected chi connectivity index (χ2v) is 4.09. The minimum absolute atomic E-state index is 0.0585. The lowest BCUT2D eigenvalue weighted by atomic mass is 9.89. The third kappa shape index (κ3) is 1.43. The van der Waals surface area contributed by atoms with Crippen molar-refractivity contribution in [3.63, 3.8) is 0 Å². The summed E-state index contributed by atoms with van der Waals surface area (Å²) in [6.45, 7) is 0. The highest BCUT2D eigenvalue weighted by Gasteiger charge is 2.16. The number of aromatic hydroxyl groups is 1. The molecular formula is C8H8BNO3S. The van der Waals surface area contributed by atoms with E-state index >= 15 is 0 Å². The van der Waals surface area contributed by atoms with E-state index in [1.54, 1.807) is 12.1 Å². The molecule has 6 heteroatoms. The molecule has 0 fully saturated rings. The molecule has 72 valence electrons. The maximum absolute atomic E-state index is 9.51. The molecule has 0 atom stereocenters. The van der Waals surface area contributed by atoms with Crippen LogP contribution in [0.3, 0.4) is 0 Å². The van der Waals surface area contributed by atoms with Gasteiger partial charge in [0.2, 0.25) is 0 Å². The van der Waals surface area contributed by atoms with Crippen molar-refractivity contribution in [2.24, 2.45) is 0 Å². The van der Waals surface area contributed by atoms with Crippen LogP contribution in [0.1, 0.15) is 0 Å². The molecule has 1 aromatic heterocycles. The summed E-state index contributed by atoms with van der Waals surface area (Å²) in [5.41, 5.74) is 5.99. The zero-order valence-electron chi connectivity index (χ0n) is 7.14. The summed E-state index contributed by atoms with van der Waals surface area (Å²) in [7, 11) is -1.51. The molecule has 0 unspecified atom stereocenters. The summed E-state index contributed by atoms with van der Waals surface area (Å²) >= 11 is 1.19. The van der Waals surface area contributed by atoms with Crippen LogP contribution in [0.5, 0.6) is 5.75 Å². The quantitative estimate of drug-likeness (QED) is 0.389. The SMILES string of the molecule is Nc1cc(O)c2cc(B(O)O)sc2c1. The van der Waals surface area contributed by atoms with E-state index in [0.29, 0.717) is 15.9 Å². The van der Waals surface area contributed by atoms with Crippen molar-refractivity contribution in [1.29, 1.82) is 0 Å². The Labute approximate surface area is 84.4 Å². The van der Waals surface area contributed by atoms with Crippen LogP contribution >= 0.6 is 11.3 Å². The first kappa shape index (κ1) is 9.33. The fraction of sp³-hybridized carbons (Fsp3) is 0. The van der Waals surface area contributed by atoms with Crippen LogP contribution < -0.4 is 10.5 Å². The number of hydrogen-bond donors (Lipinski definition) is 4. The Morgan fingerprint density at radius 3 is 2.57 bits per heavy atom. The Hall–Kier alpha value is -1.24. The van der Waals surface area contributed by atoms with E-state index in [-0.39, 0.29) is 5.75 Å². The molecule has 2 rings (SSSR count). The van der Waals surface area contributed by atoms with Gasteiger partial charge in [-0.05, 0) is 12.1 Å². The van der Waals surface area contributed by atoms with Gasteiger partial charge in [-0.15, -0.1) is 11.3 Å². The number of nitrogen functional groups attached to an aromatic ring is 1. The summed E-state index contributed by atoms with van der Waals surface area (Å²) in [5, 5.41) is 28.0. The van der Waals surface area contributed by atoms with Crippen molar-refractivity contribution in [2.75, 3.05) is 5.73 Å². The number of fused-ring (bicyclic) bond motifs is 1. The fourth-order valence-corrected chi connectivity index (χ4v) is 2.29. The van der Waals surface area contributed by atoms with Gasteiger partial charge in [-0.3, -0.25) is 0 Å². The summed E-state index contributed by atoms with van der Waals surface area (Å²) in [4.78, 5) is 0. The maximum atomic E-state index is 9.51. The Balaban J connectivity index is 2.70. The summed E-state index contributed by atoms with van der Waals surface area (Å²) in [6.07, 6.45) is 0. The number of thiophene rings is 1. The Bertz CT molecular complexity index is 483. The number of phenolic OH excluding ortho intramolecular Hbond substituents is 1. The number of hydrogen-bond acceptors (Lipinski definition) is 5. The van der Waals surface area contributed by atoms with Crippen molar-refractivity contribution in [1.82, 2.24) is 0 Å². The van der Waals surface area contributed by atoms with Gasteiger partial charge in [0.25, 0.3) is 0 Å². The van der Waals surface area contributed by atoms with Gasteiger partial charge in [0, 0.05) is 26.6 Å². The molecule has 0 aliphatic carbocycles. The van der Waals surface area contributed by atoms with E-state index < -0.39 is 7.12 Å². The molecule has 0 radical (unpaired) electrons. The lowest BCUT2D eigenvalue weighted by Crippen LogP contribution is -2.26. The Morgan fingerprint density at radius 2 is 1.93 bits per heavy atom. The molecule has 0 spiro atoms. The van der Waals surface area contributed by atoms with E-state index in [1.165, 1.54) is 17.4 Å². The zero-order valence-corrected chi connectivity index (χ0v) is 7.95. The van der Waals surface area contributed by atoms with E-state index in [4.69, 9.17) is 15.8 Å². The zero-order chi connectivity index (χ0) is 10.3. The fourth-order valence-electron chi connectivity index (χ4n) is 1.29. The van der Waals surface area contributed by atoms with Crippen LogP contribution in [0.15, 0.2) is 18.2 Å². The molecule has 1 aromatic carbocycles. The molecule has 0 saturated heterocycles. The van der Waals surface area contributed by atoms with E-state index in [2.05, 4.69) is 0 Å². The first-order valence-electron chi connectivity index (χ1n) is 3.96. The van der Waals surface area contributed by atoms with Crippen molar-refractivity contribution in [3.8, 4) is 5.75 Å². The van der Waals surface area contributed by atoms with Crippen LogP contribution in [-0.2, 0) is 0 Å². The average Bonchev–Trinajstić information content (AvgIpc) is 2.47. The number of anilines is 1. The molecule has 5 N–H and O–H groups in total.